The Morgan fingerprint density at radius 1 is 1.47 bits per heavy atom. The molecule has 0 radical (unpaired) electrons. The Bertz CT molecular complexity index is 372. The molecule has 1 aromatic carbocycles. The number of hydrogen-bond donors (Lipinski definition) is 1. The first-order valence-corrected chi connectivity index (χ1v) is 5.46. The summed E-state index contributed by atoms with van der Waals surface area (Å²) in [6.45, 7) is 2.14. The summed E-state index contributed by atoms with van der Waals surface area (Å²) in [5.74, 6) is 0.705. The van der Waals surface area contributed by atoms with Gasteiger partial charge >= 0.3 is 0 Å². The van der Waals surface area contributed by atoms with Gasteiger partial charge in [0.05, 0.1) is 11.7 Å². The van der Waals surface area contributed by atoms with Crippen molar-refractivity contribution in [3.05, 3.63) is 29.3 Å². The first-order chi connectivity index (χ1) is 7.20. The van der Waals surface area contributed by atoms with E-state index in [1.807, 2.05) is 29.3 Å². The van der Waals surface area contributed by atoms with Gasteiger partial charge in [-0.2, -0.15) is 5.10 Å². The molecule has 0 aliphatic carbocycles. The minimum atomic E-state index is 0.381. The summed E-state index contributed by atoms with van der Waals surface area (Å²) in [4.78, 5) is 0. The van der Waals surface area contributed by atoms with E-state index in [0.717, 1.165) is 23.6 Å². The van der Waals surface area contributed by atoms with E-state index in [-0.39, 0.29) is 0 Å². The Hall–Kier alpha value is -1.22. The molecule has 80 valence electrons. The Balaban J connectivity index is 2.26. The molecular formula is C11H14ClN3. The normalized spacial score (nSPS) is 20.5. The number of nitrogens with zero attached hydrogens (tertiary/aromatic N) is 2. The SMILES string of the molecule is CCC1CC(N)=NN1c1ccc(Cl)cc1. The predicted octanol–water partition coefficient (Wildman–Crippen LogP) is 2.60. The van der Waals surface area contributed by atoms with Gasteiger partial charge < -0.3 is 5.73 Å². The highest BCUT2D eigenvalue weighted by Gasteiger charge is 2.24. The number of anilines is 1. The van der Waals surface area contributed by atoms with Gasteiger partial charge in [-0.05, 0) is 30.7 Å². The summed E-state index contributed by atoms with van der Waals surface area (Å²) in [6, 6.07) is 8.05. The van der Waals surface area contributed by atoms with Gasteiger partial charge in [0.1, 0.15) is 5.84 Å². The molecule has 1 atom stereocenters. The molecule has 0 amide bonds. The third-order valence-electron chi connectivity index (χ3n) is 2.59. The summed E-state index contributed by atoms with van der Waals surface area (Å²) in [5, 5.41) is 7.04. The Morgan fingerprint density at radius 2 is 2.13 bits per heavy atom. The van der Waals surface area contributed by atoms with Crippen molar-refractivity contribution >= 4 is 23.1 Å². The van der Waals surface area contributed by atoms with Crippen molar-refractivity contribution in [3.63, 3.8) is 0 Å². The zero-order valence-electron chi connectivity index (χ0n) is 8.65. The molecule has 1 unspecified atom stereocenters. The summed E-state index contributed by atoms with van der Waals surface area (Å²) in [6.07, 6.45) is 1.88. The summed E-state index contributed by atoms with van der Waals surface area (Å²) < 4.78 is 0. The fourth-order valence-corrected chi connectivity index (χ4v) is 1.89. The molecule has 0 bridgehead atoms. The van der Waals surface area contributed by atoms with Gasteiger partial charge in [-0.25, -0.2) is 0 Å². The molecule has 1 heterocycles. The van der Waals surface area contributed by atoms with Crippen molar-refractivity contribution in [3.8, 4) is 0 Å². The van der Waals surface area contributed by atoms with Crippen LogP contribution in [-0.2, 0) is 0 Å². The molecule has 2 N–H and O–H groups in total. The average molecular weight is 224 g/mol. The van der Waals surface area contributed by atoms with E-state index < -0.39 is 0 Å². The minimum absolute atomic E-state index is 0.381. The monoisotopic (exact) mass is 223 g/mol. The van der Waals surface area contributed by atoms with Crippen molar-refractivity contribution < 1.29 is 0 Å². The lowest BCUT2D eigenvalue weighted by molar-refractivity contribution is 0.640. The van der Waals surface area contributed by atoms with Crippen LogP contribution in [0.25, 0.3) is 0 Å². The molecular weight excluding hydrogens is 210 g/mol. The number of benzene rings is 1. The smallest absolute Gasteiger partial charge is 0.122 e. The summed E-state index contributed by atoms with van der Waals surface area (Å²) in [7, 11) is 0. The molecule has 3 nitrogen and oxygen atoms in total. The van der Waals surface area contributed by atoms with E-state index in [0.29, 0.717) is 11.9 Å². The number of hydrazone groups is 1. The fourth-order valence-electron chi connectivity index (χ4n) is 1.77. The number of nitrogens with two attached hydrogens (primary N) is 1. The molecule has 0 saturated carbocycles. The average Bonchev–Trinajstić information content (AvgIpc) is 2.61. The Kier molecular flexibility index (Phi) is 2.82. The number of rotatable bonds is 2. The fraction of sp³-hybridized carbons (Fsp3) is 0.364. The molecule has 15 heavy (non-hydrogen) atoms. The maximum absolute atomic E-state index is 5.84. The third-order valence-corrected chi connectivity index (χ3v) is 2.84. The molecule has 0 fully saturated rings. The molecule has 2 rings (SSSR count). The van der Waals surface area contributed by atoms with Crippen molar-refractivity contribution in [2.24, 2.45) is 10.8 Å². The van der Waals surface area contributed by atoms with Crippen LogP contribution < -0.4 is 10.7 Å². The number of halogens is 1. The lowest BCUT2D eigenvalue weighted by atomic mass is 10.1. The first-order valence-electron chi connectivity index (χ1n) is 5.08. The van der Waals surface area contributed by atoms with Crippen LogP contribution in [0.2, 0.25) is 5.02 Å². The maximum Gasteiger partial charge on any atom is 0.122 e. The predicted molar refractivity (Wildman–Crippen MR) is 64.2 cm³/mol. The second-order valence-corrected chi connectivity index (χ2v) is 4.11. The van der Waals surface area contributed by atoms with Gasteiger partial charge in [-0.15, -0.1) is 0 Å². The van der Waals surface area contributed by atoms with E-state index in [1.54, 1.807) is 0 Å². The van der Waals surface area contributed by atoms with Crippen LogP contribution in [0.3, 0.4) is 0 Å². The van der Waals surface area contributed by atoms with Gasteiger partial charge in [0, 0.05) is 11.4 Å². The molecule has 0 spiro atoms. The molecule has 0 aromatic heterocycles. The minimum Gasteiger partial charge on any atom is -0.386 e. The lowest BCUT2D eigenvalue weighted by Crippen LogP contribution is -2.25. The van der Waals surface area contributed by atoms with Crippen molar-refractivity contribution in [1.82, 2.24) is 0 Å². The van der Waals surface area contributed by atoms with E-state index in [9.17, 15) is 0 Å². The van der Waals surface area contributed by atoms with E-state index >= 15 is 0 Å². The van der Waals surface area contributed by atoms with Crippen LogP contribution in [0.1, 0.15) is 19.8 Å². The molecule has 1 aliphatic rings. The van der Waals surface area contributed by atoms with Crippen LogP contribution in [0, 0.1) is 0 Å². The second-order valence-electron chi connectivity index (χ2n) is 3.68. The van der Waals surface area contributed by atoms with Gasteiger partial charge in [0.15, 0.2) is 0 Å². The number of hydrogen-bond acceptors (Lipinski definition) is 3. The highest BCUT2D eigenvalue weighted by Crippen LogP contribution is 2.26. The topological polar surface area (TPSA) is 41.6 Å². The Morgan fingerprint density at radius 3 is 2.73 bits per heavy atom. The van der Waals surface area contributed by atoms with Crippen molar-refractivity contribution in [1.29, 1.82) is 0 Å². The van der Waals surface area contributed by atoms with Gasteiger partial charge in [-0.3, -0.25) is 5.01 Å². The van der Waals surface area contributed by atoms with Gasteiger partial charge in [0.25, 0.3) is 0 Å². The van der Waals surface area contributed by atoms with Crippen LogP contribution in [0.5, 0.6) is 0 Å². The second kappa shape index (κ2) is 4.11. The zero-order valence-corrected chi connectivity index (χ0v) is 9.41. The van der Waals surface area contributed by atoms with Gasteiger partial charge in [0.2, 0.25) is 0 Å². The van der Waals surface area contributed by atoms with Crippen LogP contribution in [0.4, 0.5) is 5.69 Å². The van der Waals surface area contributed by atoms with Crippen molar-refractivity contribution in [2.45, 2.75) is 25.8 Å². The lowest BCUT2D eigenvalue weighted by Gasteiger charge is -2.21. The first kappa shape index (κ1) is 10.3. The van der Waals surface area contributed by atoms with E-state index in [2.05, 4.69) is 12.0 Å². The molecule has 0 saturated heterocycles. The van der Waals surface area contributed by atoms with Crippen molar-refractivity contribution in [2.75, 3.05) is 5.01 Å². The largest absolute Gasteiger partial charge is 0.386 e. The maximum atomic E-state index is 5.84. The zero-order chi connectivity index (χ0) is 10.8. The summed E-state index contributed by atoms with van der Waals surface area (Å²) in [5.41, 5.74) is 6.79. The quantitative estimate of drug-likeness (QED) is 0.838. The van der Waals surface area contributed by atoms with Crippen LogP contribution >= 0.6 is 11.6 Å². The number of amidine groups is 1. The van der Waals surface area contributed by atoms with Gasteiger partial charge in [-0.1, -0.05) is 18.5 Å². The van der Waals surface area contributed by atoms with Crippen LogP contribution in [0.15, 0.2) is 29.4 Å². The Labute approximate surface area is 94.5 Å². The third kappa shape index (κ3) is 2.07. The standard InChI is InChI=1S/C11H14ClN3/c1-2-9-7-11(13)14-15(9)10-5-3-8(12)4-6-10/h3-6,9H,2,7H2,1H3,(H2,13,14). The van der Waals surface area contributed by atoms with Crippen LogP contribution in [-0.4, -0.2) is 11.9 Å². The summed E-state index contributed by atoms with van der Waals surface area (Å²) >= 11 is 5.84. The van der Waals surface area contributed by atoms with E-state index in [1.165, 1.54) is 0 Å². The molecule has 4 heteroatoms. The molecule has 1 aliphatic heterocycles. The van der Waals surface area contributed by atoms with E-state index in [4.69, 9.17) is 17.3 Å². The highest BCUT2D eigenvalue weighted by molar-refractivity contribution is 6.30. The highest BCUT2D eigenvalue weighted by atomic mass is 35.5. The molecule has 1 aromatic rings.